The number of esters is 1. The van der Waals surface area contributed by atoms with Gasteiger partial charge in [-0.15, -0.1) is 13.2 Å². The summed E-state index contributed by atoms with van der Waals surface area (Å²) in [6, 6.07) is 13.0. The van der Waals surface area contributed by atoms with Crippen LogP contribution in [0.25, 0.3) is 10.8 Å². The number of fused-ring (bicyclic) bond motifs is 2. The summed E-state index contributed by atoms with van der Waals surface area (Å²) >= 11 is 0. The highest BCUT2D eigenvalue weighted by Gasteiger charge is 2.79. The zero-order valence-corrected chi connectivity index (χ0v) is 25.2. The lowest BCUT2D eigenvalue weighted by molar-refractivity contribution is -0.160. The summed E-state index contributed by atoms with van der Waals surface area (Å²) in [7, 11) is 0. The van der Waals surface area contributed by atoms with Crippen molar-refractivity contribution in [1.82, 2.24) is 4.90 Å². The quantitative estimate of drug-likeness (QED) is 0.175. The minimum absolute atomic E-state index is 0.125. The molecule has 0 radical (unpaired) electrons. The molecule has 5 atom stereocenters. The molecule has 2 aromatic rings. The first kappa shape index (κ1) is 31.0. The van der Waals surface area contributed by atoms with E-state index in [0.29, 0.717) is 45.1 Å². The number of anilines is 1. The van der Waals surface area contributed by atoms with Gasteiger partial charge in [0.15, 0.2) is 0 Å². The molecule has 3 aliphatic rings. The van der Waals surface area contributed by atoms with Gasteiger partial charge in [0.2, 0.25) is 5.91 Å². The van der Waals surface area contributed by atoms with Crippen LogP contribution in [0.15, 0.2) is 67.8 Å². The number of amides is 2. The predicted molar refractivity (Wildman–Crippen MR) is 166 cm³/mol. The Balaban J connectivity index is 1.54. The van der Waals surface area contributed by atoms with Gasteiger partial charge >= 0.3 is 5.97 Å². The van der Waals surface area contributed by atoms with Crippen molar-refractivity contribution in [3.05, 3.63) is 67.8 Å². The molecule has 5 rings (SSSR count). The summed E-state index contributed by atoms with van der Waals surface area (Å²) < 4.78 is 12.5. The summed E-state index contributed by atoms with van der Waals surface area (Å²) in [6.45, 7) is 10.6. The fourth-order valence-electron chi connectivity index (χ4n) is 7.62. The van der Waals surface area contributed by atoms with Gasteiger partial charge in [-0.1, -0.05) is 62.2 Å². The third-order valence-corrected chi connectivity index (χ3v) is 9.66. The summed E-state index contributed by atoms with van der Waals surface area (Å²) in [5.74, 6) is -2.43. The van der Waals surface area contributed by atoms with E-state index in [0.717, 1.165) is 29.3 Å². The molecular weight excluding hydrogens is 544 g/mol. The van der Waals surface area contributed by atoms with Crippen molar-refractivity contribution in [2.45, 2.75) is 75.5 Å². The number of hydrogen-bond donors (Lipinski definition) is 1. The van der Waals surface area contributed by atoms with Crippen LogP contribution in [0.5, 0.6) is 0 Å². The van der Waals surface area contributed by atoms with Gasteiger partial charge in [0.05, 0.1) is 18.1 Å². The van der Waals surface area contributed by atoms with E-state index in [4.69, 9.17) is 9.47 Å². The highest BCUT2D eigenvalue weighted by molar-refractivity contribution is 6.05. The van der Waals surface area contributed by atoms with Crippen molar-refractivity contribution in [3.8, 4) is 0 Å². The van der Waals surface area contributed by atoms with Gasteiger partial charge in [-0.25, -0.2) is 0 Å². The van der Waals surface area contributed by atoms with E-state index in [1.807, 2.05) is 49.4 Å². The molecule has 230 valence electrons. The number of likely N-dealkylation sites (tertiary alicyclic amines) is 1. The smallest absolute Gasteiger partial charge is 0.312 e. The van der Waals surface area contributed by atoms with Crippen LogP contribution in [0.2, 0.25) is 0 Å². The second-order valence-electron chi connectivity index (χ2n) is 12.0. The van der Waals surface area contributed by atoms with E-state index in [-0.39, 0.29) is 31.6 Å². The Morgan fingerprint density at radius 1 is 1.09 bits per heavy atom. The van der Waals surface area contributed by atoms with Gasteiger partial charge in [0.1, 0.15) is 17.6 Å². The number of aliphatic hydroxyl groups is 1. The monoisotopic (exact) mass is 588 g/mol. The number of carbonyl (C=O) groups excluding carboxylic acids is 3. The van der Waals surface area contributed by atoms with E-state index in [2.05, 4.69) is 13.2 Å². The van der Waals surface area contributed by atoms with Gasteiger partial charge in [-0.3, -0.25) is 14.4 Å². The molecule has 8 heteroatoms. The number of unbranched alkanes of at least 4 members (excludes halogenated alkanes) is 3. The Bertz CT molecular complexity index is 1380. The number of carbonyl (C=O) groups is 3. The number of ether oxygens (including phenoxy) is 2. The standard InChI is InChI=1S/C35H44N2O6/c1-4-7-23-42-33(41)29-28-31(39)37(21-12-8-9-13-22-38)30(35(28)19-18-34(29,6-3)43-35)32(40)36(20-5-2)27-17-16-25-14-10-11-15-26(25)24-27/h4-5,10-11,14-17,24,28-30,38H,1-2,6-9,12-13,18-23H2,3H3/t28-,29-,30?,34+,35?/m0/s1. The molecule has 1 spiro atoms. The Kier molecular flexibility index (Phi) is 9.37. The molecule has 1 N–H and O–H groups in total. The van der Waals surface area contributed by atoms with Gasteiger partial charge in [-0.2, -0.15) is 0 Å². The molecular formula is C35H44N2O6. The zero-order chi connectivity index (χ0) is 30.6. The first-order chi connectivity index (χ1) is 20.9. The van der Waals surface area contributed by atoms with Crippen LogP contribution in [0.3, 0.4) is 0 Å². The number of rotatable bonds is 15. The van der Waals surface area contributed by atoms with Gasteiger partial charge in [-0.05, 0) is 61.4 Å². The average molecular weight is 589 g/mol. The van der Waals surface area contributed by atoms with Crippen LogP contribution < -0.4 is 4.90 Å². The molecule has 2 unspecified atom stereocenters. The molecule has 2 aromatic carbocycles. The summed E-state index contributed by atoms with van der Waals surface area (Å²) in [5.41, 5.74) is -1.24. The van der Waals surface area contributed by atoms with E-state index in [1.54, 1.807) is 22.0 Å². The fraction of sp³-hybridized carbons (Fsp3) is 0.514. The Labute approximate surface area is 254 Å². The Morgan fingerprint density at radius 2 is 1.86 bits per heavy atom. The SMILES string of the molecule is C=CCCOC(=O)[C@@H]1[C@H]2C(=O)N(CCCCCCO)C(C(=O)N(CC=C)c3ccc4ccccc4c3)C23CC[C@@]1(CC)O3. The van der Waals surface area contributed by atoms with Crippen LogP contribution in [-0.2, 0) is 23.9 Å². The molecule has 0 aliphatic carbocycles. The van der Waals surface area contributed by atoms with Gasteiger partial charge in [0.25, 0.3) is 5.91 Å². The highest BCUT2D eigenvalue weighted by atomic mass is 16.6. The molecule has 2 amide bonds. The van der Waals surface area contributed by atoms with E-state index >= 15 is 0 Å². The Morgan fingerprint density at radius 3 is 2.58 bits per heavy atom. The minimum Gasteiger partial charge on any atom is -0.465 e. The molecule has 3 aliphatic heterocycles. The van der Waals surface area contributed by atoms with Gasteiger partial charge in [0, 0.05) is 25.4 Å². The maximum atomic E-state index is 14.8. The highest BCUT2D eigenvalue weighted by Crippen LogP contribution is 2.64. The van der Waals surface area contributed by atoms with Crippen LogP contribution in [0.4, 0.5) is 5.69 Å². The van der Waals surface area contributed by atoms with Crippen LogP contribution >= 0.6 is 0 Å². The van der Waals surface area contributed by atoms with E-state index < -0.39 is 35.0 Å². The molecule has 3 saturated heterocycles. The van der Waals surface area contributed by atoms with Crippen molar-refractivity contribution in [1.29, 1.82) is 0 Å². The first-order valence-electron chi connectivity index (χ1n) is 15.7. The molecule has 43 heavy (non-hydrogen) atoms. The largest absolute Gasteiger partial charge is 0.465 e. The van der Waals surface area contributed by atoms with E-state index in [9.17, 15) is 19.5 Å². The number of hydrogen-bond acceptors (Lipinski definition) is 6. The van der Waals surface area contributed by atoms with Gasteiger partial charge < -0.3 is 24.4 Å². The van der Waals surface area contributed by atoms with Crippen LogP contribution in [0, 0.1) is 11.8 Å². The zero-order valence-electron chi connectivity index (χ0n) is 25.2. The lowest BCUT2D eigenvalue weighted by Crippen LogP contribution is -2.56. The van der Waals surface area contributed by atoms with Crippen LogP contribution in [0.1, 0.15) is 58.3 Å². The second kappa shape index (κ2) is 13.0. The van der Waals surface area contributed by atoms with Crippen molar-refractivity contribution in [2.24, 2.45) is 11.8 Å². The first-order valence-corrected chi connectivity index (χ1v) is 15.7. The molecule has 0 saturated carbocycles. The molecule has 0 aromatic heterocycles. The molecule has 3 fully saturated rings. The predicted octanol–water partition coefficient (Wildman–Crippen LogP) is 5.19. The molecule has 2 bridgehead atoms. The maximum absolute atomic E-state index is 14.8. The summed E-state index contributed by atoms with van der Waals surface area (Å²) in [6.07, 6.45) is 8.58. The van der Waals surface area contributed by atoms with Crippen molar-refractivity contribution < 1.29 is 29.0 Å². The average Bonchev–Trinajstić information content (AvgIpc) is 3.63. The third kappa shape index (κ3) is 5.40. The number of nitrogens with zero attached hydrogens (tertiary/aromatic N) is 2. The fourth-order valence-corrected chi connectivity index (χ4v) is 7.62. The molecule has 3 heterocycles. The topological polar surface area (TPSA) is 96.4 Å². The maximum Gasteiger partial charge on any atom is 0.312 e. The van der Waals surface area contributed by atoms with Crippen molar-refractivity contribution in [2.75, 3.05) is 31.2 Å². The van der Waals surface area contributed by atoms with E-state index in [1.165, 1.54) is 0 Å². The summed E-state index contributed by atoms with van der Waals surface area (Å²) in [4.78, 5) is 46.2. The lowest BCUT2D eigenvalue weighted by atomic mass is 9.65. The van der Waals surface area contributed by atoms with Crippen LogP contribution in [-0.4, -0.2) is 71.3 Å². The third-order valence-electron chi connectivity index (χ3n) is 9.66. The minimum atomic E-state index is -1.12. The van der Waals surface area contributed by atoms with Crippen molar-refractivity contribution >= 4 is 34.2 Å². The Hall–Kier alpha value is -3.49. The normalized spacial score (nSPS) is 27.3. The number of benzene rings is 2. The second-order valence-corrected chi connectivity index (χ2v) is 12.0. The molecule has 8 nitrogen and oxygen atoms in total. The number of aliphatic hydroxyl groups excluding tert-OH is 1. The van der Waals surface area contributed by atoms with Crippen molar-refractivity contribution in [3.63, 3.8) is 0 Å². The lowest BCUT2D eigenvalue weighted by Gasteiger charge is -2.37. The summed E-state index contributed by atoms with van der Waals surface area (Å²) in [5, 5.41) is 11.3.